The molecular formula is C27H46N2O3. The summed E-state index contributed by atoms with van der Waals surface area (Å²) in [4.78, 5) is 14.9. The highest BCUT2D eigenvalue weighted by atomic mass is 16.5. The van der Waals surface area contributed by atoms with Gasteiger partial charge in [0.15, 0.2) is 0 Å². The highest BCUT2D eigenvalue weighted by Gasteiger charge is 2.21. The lowest BCUT2D eigenvalue weighted by molar-refractivity contribution is -0.123. The fourth-order valence-corrected chi connectivity index (χ4v) is 4.77. The van der Waals surface area contributed by atoms with Gasteiger partial charge in [0.2, 0.25) is 5.91 Å². The Hall–Kier alpha value is -1.59. The Kier molecular flexibility index (Phi) is 11.5. The van der Waals surface area contributed by atoms with Crippen LogP contribution in [0.2, 0.25) is 0 Å². The van der Waals surface area contributed by atoms with E-state index in [9.17, 15) is 4.79 Å². The normalized spacial score (nSPS) is 16.7. The summed E-state index contributed by atoms with van der Waals surface area (Å²) in [7, 11) is 3.87. The van der Waals surface area contributed by atoms with E-state index in [2.05, 4.69) is 57.1 Å². The Balaban J connectivity index is 1.86. The van der Waals surface area contributed by atoms with E-state index >= 15 is 0 Å². The monoisotopic (exact) mass is 446 g/mol. The maximum absolute atomic E-state index is 12.5. The number of amides is 1. The van der Waals surface area contributed by atoms with Crippen molar-refractivity contribution in [1.82, 2.24) is 10.2 Å². The van der Waals surface area contributed by atoms with E-state index in [0.717, 1.165) is 25.1 Å². The summed E-state index contributed by atoms with van der Waals surface area (Å²) in [6, 6.07) is 4.82. The highest BCUT2D eigenvalue weighted by Crippen LogP contribution is 2.30. The second-order valence-corrected chi connectivity index (χ2v) is 9.57. The third-order valence-electron chi connectivity index (χ3n) is 7.32. The smallest absolute Gasteiger partial charge is 0.220 e. The van der Waals surface area contributed by atoms with E-state index in [4.69, 9.17) is 9.47 Å². The van der Waals surface area contributed by atoms with Gasteiger partial charge in [-0.25, -0.2) is 0 Å². The van der Waals surface area contributed by atoms with Gasteiger partial charge in [0.05, 0.1) is 6.61 Å². The van der Waals surface area contributed by atoms with E-state index in [-0.39, 0.29) is 11.9 Å². The van der Waals surface area contributed by atoms with Crippen molar-refractivity contribution < 1.29 is 14.3 Å². The Morgan fingerprint density at radius 2 is 1.88 bits per heavy atom. The number of nitrogens with zero attached hydrogens (tertiary/aromatic N) is 1. The molecule has 0 radical (unpaired) electrons. The van der Waals surface area contributed by atoms with Crippen LogP contribution in [0.4, 0.5) is 0 Å². The Morgan fingerprint density at radius 1 is 1.16 bits per heavy atom. The molecule has 2 rings (SSSR count). The van der Waals surface area contributed by atoms with E-state index in [0.29, 0.717) is 31.6 Å². The number of nitrogens with one attached hydrogen (secondary N) is 1. The van der Waals surface area contributed by atoms with Crippen LogP contribution in [0.25, 0.3) is 0 Å². The van der Waals surface area contributed by atoms with Gasteiger partial charge in [-0.3, -0.25) is 9.69 Å². The van der Waals surface area contributed by atoms with Crippen LogP contribution in [0.1, 0.15) is 87.9 Å². The van der Waals surface area contributed by atoms with Gasteiger partial charge in [-0.2, -0.15) is 0 Å². The first-order valence-corrected chi connectivity index (χ1v) is 12.6. The minimum atomic E-state index is 0.245. The summed E-state index contributed by atoms with van der Waals surface area (Å²) in [6.45, 7) is 10.8. The molecule has 5 heteroatoms. The lowest BCUT2D eigenvalue weighted by atomic mass is 9.87. The van der Waals surface area contributed by atoms with Crippen molar-refractivity contribution >= 4 is 5.91 Å². The second kappa shape index (κ2) is 13.8. The van der Waals surface area contributed by atoms with Gasteiger partial charge in [0.25, 0.3) is 0 Å². The number of benzene rings is 1. The number of methoxy groups -OCH3 is 1. The van der Waals surface area contributed by atoms with Crippen LogP contribution in [0.5, 0.6) is 5.75 Å². The fraction of sp³-hybridized carbons (Fsp3) is 0.741. The van der Waals surface area contributed by atoms with Crippen LogP contribution in [0, 0.1) is 19.8 Å². The molecule has 0 bridgehead atoms. The first kappa shape index (κ1) is 26.7. The number of ether oxygens (including phenoxy) is 2. The van der Waals surface area contributed by atoms with Gasteiger partial charge in [0, 0.05) is 32.2 Å². The predicted molar refractivity (Wildman–Crippen MR) is 132 cm³/mol. The lowest BCUT2D eigenvalue weighted by Gasteiger charge is -2.29. The van der Waals surface area contributed by atoms with Crippen LogP contribution in [-0.2, 0) is 9.53 Å². The molecule has 182 valence electrons. The van der Waals surface area contributed by atoms with Gasteiger partial charge in [-0.05, 0) is 82.2 Å². The highest BCUT2D eigenvalue weighted by molar-refractivity contribution is 5.76. The van der Waals surface area contributed by atoms with E-state index < -0.39 is 0 Å². The van der Waals surface area contributed by atoms with Crippen molar-refractivity contribution in [2.75, 3.05) is 33.9 Å². The SMILES string of the molecule is CCC(CCN(C)C(C)c1ccc(OCCOC)c(C)c1C)NC(=O)CC1CCCCC1. The van der Waals surface area contributed by atoms with Crippen LogP contribution in [0.3, 0.4) is 0 Å². The molecule has 0 heterocycles. The first-order chi connectivity index (χ1) is 15.4. The van der Waals surface area contributed by atoms with E-state index in [1.807, 2.05) is 0 Å². The lowest BCUT2D eigenvalue weighted by Crippen LogP contribution is -2.38. The van der Waals surface area contributed by atoms with Crippen LogP contribution >= 0.6 is 0 Å². The maximum atomic E-state index is 12.5. The molecule has 0 saturated heterocycles. The zero-order valence-corrected chi connectivity index (χ0v) is 21.3. The summed E-state index contributed by atoms with van der Waals surface area (Å²) < 4.78 is 10.9. The molecular weight excluding hydrogens is 400 g/mol. The number of carbonyl (C=O) groups excluding carboxylic acids is 1. The van der Waals surface area contributed by atoms with E-state index in [1.165, 1.54) is 48.8 Å². The summed E-state index contributed by atoms with van der Waals surface area (Å²) in [5.74, 6) is 1.77. The van der Waals surface area contributed by atoms with Crippen molar-refractivity contribution in [2.24, 2.45) is 5.92 Å². The molecule has 0 aromatic heterocycles. The average molecular weight is 447 g/mol. The first-order valence-electron chi connectivity index (χ1n) is 12.6. The standard InChI is InChI=1S/C27H46N2O3/c1-7-24(28-27(30)19-23-11-9-8-10-12-23)15-16-29(5)22(4)25-13-14-26(21(3)20(25)2)32-18-17-31-6/h13-14,22-24H,7-12,15-19H2,1-6H3,(H,28,30). The Bertz CT molecular complexity index is 700. The largest absolute Gasteiger partial charge is 0.491 e. The van der Waals surface area contributed by atoms with Crippen molar-refractivity contribution in [1.29, 1.82) is 0 Å². The molecule has 1 fully saturated rings. The summed E-state index contributed by atoms with van der Waals surface area (Å²) in [5, 5.41) is 3.31. The molecule has 1 aliphatic rings. The minimum absolute atomic E-state index is 0.245. The molecule has 32 heavy (non-hydrogen) atoms. The number of hydrogen-bond acceptors (Lipinski definition) is 4. The van der Waals surface area contributed by atoms with Crippen LogP contribution < -0.4 is 10.1 Å². The van der Waals surface area contributed by atoms with Crippen molar-refractivity contribution in [3.05, 3.63) is 28.8 Å². The zero-order valence-electron chi connectivity index (χ0n) is 21.3. The summed E-state index contributed by atoms with van der Waals surface area (Å²) >= 11 is 0. The minimum Gasteiger partial charge on any atom is -0.491 e. The molecule has 1 amide bonds. The van der Waals surface area contributed by atoms with Gasteiger partial charge < -0.3 is 14.8 Å². The third kappa shape index (κ3) is 8.08. The molecule has 1 aromatic carbocycles. The van der Waals surface area contributed by atoms with E-state index in [1.54, 1.807) is 7.11 Å². The molecule has 5 nitrogen and oxygen atoms in total. The molecule has 1 saturated carbocycles. The number of carbonyl (C=O) groups is 1. The fourth-order valence-electron chi connectivity index (χ4n) is 4.77. The molecule has 0 aliphatic heterocycles. The molecule has 2 atom stereocenters. The molecule has 1 N–H and O–H groups in total. The Labute approximate surface area is 196 Å². The molecule has 0 spiro atoms. The van der Waals surface area contributed by atoms with Crippen molar-refractivity contribution in [2.45, 2.75) is 91.1 Å². The zero-order chi connectivity index (χ0) is 23.5. The molecule has 1 aliphatic carbocycles. The summed E-state index contributed by atoms with van der Waals surface area (Å²) in [6.07, 6.45) is 9.02. The molecule has 1 aromatic rings. The third-order valence-corrected chi connectivity index (χ3v) is 7.32. The van der Waals surface area contributed by atoms with Gasteiger partial charge in [-0.1, -0.05) is 32.3 Å². The predicted octanol–water partition coefficient (Wildman–Crippen LogP) is 5.58. The summed E-state index contributed by atoms with van der Waals surface area (Å²) in [5.41, 5.74) is 3.81. The van der Waals surface area contributed by atoms with Gasteiger partial charge >= 0.3 is 0 Å². The quantitative estimate of drug-likeness (QED) is 0.402. The van der Waals surface area contributed by atoms with Crippen molar-refractivity contribution in [3.63, 3.8) is 0 Å². The van der Waals surface area contributed by atoms with Crippen molar-refractivity contribution in [3.8, 4) is 5.75 Å². The maximum Gasteiger partial charge on any atom is 0.220 e. The number of hydrogen-bond donors (Lipinski definition) is 1. The molecule has 2 unspecified atom stereocenters. The Morgan fingerprint density at radius 3 is 2.53 bits per heavy atom. The average Bonchev–Trinajstić information content (AvgIpc) is 2.79. The van der Waals surface area contributed by atoms with Gasteiger partial charge in [-0.15, -0.1) is 0 Å². The number of rotatable bonds is 13. The van der Waals surface area contributed by atoms with Gasteiger partial charge in [0.1, 0.15) is 12.4 Å². The second-order valence-electron chi connectivity index (χ2n) is 9.57. The van der Waals surface area contributed by atoms with Crippen LogP contribution in [-0.4, -0.2) is 50.8 Å². The van der Waals surface area contributed by atoms with Crippen LogP contribution in [0.15, 0.2) is 12.1 Å². The topological polar surface area (TPSA) is 50.8 Å².